The van der Waals surface area contributed by atoms with Crippen LogP contribution in [0.2, 0.25) is 0 Å². The lowest BCUT2D eigenvalue weighted by Crippen LogP contribution is -2.15. The molecule has 0 spiro atoms. The van der Waals surface area contributed by atoms with Crippen molar-refractivity contribution in [3.8, 4) is 5.75 Å². The summed E-state index contributed by atoms with van der Waals surface area (Å²) in [6.45, 7) is 3.01. The number of halogens is 1. The van der Waals surface area contributed by atoms with Crippen LogP contribution in [0.4, 0.5) is 0 Å². The third kappa shape index (κ3) is 3.16. The molecule has 0 radical (unpaired) electrons. The maximum Gasteiger partial charge on any atom is 0.137 e. The highest BCUT2D eigenvalue weighted by atomic mass is 35.5. The topological polar surface area (TPSA) is 34.1 Å². The molecule has 1 aliphatic rings. The Morgan fingerprint density at radius 3 is 3.14 bits per heavy atom. The second-order valence-corrected chi connectivity index (χ2v) is 3.36. The first-order valence-corrected chi connectivity index (χ1v) is 4.69. The Bertz CT molecular complexity index is 250. The SMILES string of the molecule is Cl.c1cncc(OCC2CCNC2)c1. The Morgan fingerprint density at radius 1 is 1.57 bits per heavy atom. The Labute approximate surface area is 90.3 Å². The van der Waals surface area contributed by atoms with Crippen molar-refractivity contribution in [3.63, 3.8) is 0 Å². The van der Waals surface area contributed by atoms with Crippen LogP contribution < -0.4 is 10.1 Å². The van der Waals surface area contributed by atoms with E-state index in [0.717, 1.165) is 25.4 Å². The minimum Gasteiger partial charge on any atom is -0.492 e. The fraction of sp³-hybridized carbons (Fsp3) is 0.500. The summed E-state index contributed by atoms with van der Waals surface area (Å²) >= 11 is 0. The third-order valence-electron chi connectivity index (χ3n) is 2.28. The van der Waals surface area contributed by atoms with Gasteiger partial charge in [-0.15, -0.1) is 12.4 Å². The Morgan fingerprint density at radius 2 is 2.50 bits per heavy atom. The summed E-state index contributed by atoms with van der Waals surface area (Å²) in [6, 6.07) is 3.83. The quantitative estimate of drug-likeness (QED) is 0.828. The van der Waals surface area contributed by atoms with Crippen LogP contribution in [0, 0.1) is 5.92 Å². The molecule has 0 aromatic carbocycles. The van der Waals surface area contributed by atoms with Gasteiger partial charge < -0.3 is 10.1 Å². The maximum atomic E-state index is 5.59. The van der Waals surface area contributed by atoms with E-state index in [4.69, 9.17) is 4.74 Å². The number of hydrogen-bond donors (Lipinski definition) is 1. The number of hydrogen-bond acceptors (Lipinski definition) is 3. The van der Waals surface area contributed by atoms with Gasteiger partial charge in [-0.2, -0.15) is 0 Å². The van der Waals surface area contributed by atoms with Crippen LogP contribution >= 0.6 is 12.4 Å². The van der Waals surface area contributed by atoms with Crippen LogP contribution in [0.1, 0.15) is 6.42 Å². The van der Waals surface area contributed by atoms with Gasteiger partial charge in [0.25, 0.3) is 0 Å². The first kappa shape index (κ1) is 11.3. The highest BCUT2D eigenvalue weighted by Crippen LogP contribution is 2.12. The molecule has 1 fully saturated rings. The second-order valence-electron chi connectivity index (χ2n) is 3.36. The van der Waals surface area contributed by atoms with E-state index in [1.807, 2.05) is 12.1 Å². The molecule has 3 nitrogen and oxygen atoms in total. The van der Waals surface area contributed by atoms with E-state index in [1.54, 1.807) is 12.4 Å². The minimum absolute atomic E-state index is 0. The van der Waals surface area contributed by atoms with Gasteiger partial charge in [-0.05, 0) is 25.1 Å². The second kappa shape index (κ2) is 5.83. The zero-order valence-corrected chi connectivity index (χ0v) is 8.80. The molecule has 1 aromatic heterocycles. The molecule has 1 aliphatic heterocycles. The van der Waals surface area contributed by atoms with Crippen molar-refractivity contribution in [2.24, 2.45) is 5.92 Å². The summed E-state index contributed by atoms with van der Waals surface area (Å²) in [5.74, 6) is 1.54. The standard InChI is InChI=1S/C10H14N2O.ClH/c1-2-10(7-11-4-1)13-8-9-3-5-12-6-9;/h1-2,4,7,9,12H,3,5-6,8H2;1H. The lowest BCUT2D eigenvalue weighted by molar-refractivity contribution is 0.259. The lowest BCUT2D eigenvalue weighted by atomic mass is 10.1. The van der Waals surface area contributed by atoms with E-state index >= 15 is 0 Å². The van der Waals surface area contributed by atoms with Gasteiger partial charge in [0, 0.05) is 18.7 Å². The zero-order valence-electron chi connectivity index (χ0n) is 7.98. The molecule has 0 saturated carbocycles. The molecule has 2 heterocycles. The van der Waals surface area contributed by atoms with Crippen LogP contribution in [0.3, 0.4) is 0 Å². The van der Waals surface area contributed by atoms with E-state index < -0.39 is 0 Å². The van der Waals surface area contributed by atoms with Gasteiger partial charge in [-0.25, -0.2) is 0 Å². The maximum absolute atomic E-state index is 5.59. The van der Waals surface area contributed by atoms with Crippen molar-refractivity contribution >= 4 is 12.4 Å². The van der Waals surface area contributed by atoms with E-state index in [1.165, 1.54) is 6.42 Å². The summed E-state index contributed by atoms with van der Waals surface area (Å²) in [7, 11) is 0. The van der Waals surface area contributed by atoms with E-state index in [2.05, 4.69) is 10.3 Å². The molecule has 1 aromatic rings. The van der Waals surface area contributed by atoms with Crippen molar-refractivity contribution in [2.75, 3.05) is 19.7 Å². The van der Waals surface area contributed by atoms with Crippen LogP contribution in [0.15, 0.2) is 24.5 Å². The van der Waals surface area contributed by atoms with Gasteiger partial charge in [0.2, 0.25) is 0 Å². The van der Waals surface area contributed by atoms with Crippen LogP contribution in [0.5, 0.6) is 5.75 Å². The van der Waals surface area contributed by atoms with Crippen molar-refractivity contribution in [1.82, 2.24) is 10.3 Å². The van der Waals surface area contributed by atoms with E-state index in [0.29, 0.717) is 5.92 Å². The molecule has 1 unspecified atom stereocenters. The molecule has 1 atom stereocenters. The number of nitrogens with zero attached hydrogens (tertiary/aromatic N) is 1. The minimum atomic E-state index is 0. The summed E-state index contributed by atoms with van der Waals surface area (Å²) < 4.78 is 5.59. The molecular formula is C10H15ClN2O. The molecule has 1 N–H and O–H groups in total. The van der Waals surface area contributed by atoms with Crippen LogP contribution in [0.25, 0.3) is 0 Å². The predicted molar refractivity (Wildman–Crippen MR) is 58.0 cm³/mol. The molecule has 0 aliphatic carbocycles. The zero-order chi connectivity index (χ0) is 8.93. The normalized spacial score (nSPS) is 20.1. The van der Waals surface area contributed by atoms with Crippen molar-refractivity contribution in [3.05, 3.63) is 24.5 Å². The van der Waals surface area contributed by atoms with E-state index in [-0.39, 0.29) is 12.4 Å². The molecule has 0 amide bonds. The number of rotatable bonds is 3. The number of pyridine rings is 1. The van der Waals surface area contributed by atoms with Crippen molar-refractivity contribution < 1.29 is 4.74 Å². The fourth-order valence-corrected chi connectivity index (χ4v) is 1.50. The third-order valence-corrected chi connectivity index (χ3v) is 2.28. The molecule has 14 heavy (non-hydrogen) atoms. The predicted octanol–water partition coefficient (Wildman–Crippen LogP) is 1.49. The average molecular weight is 215 g/mol. The largest absolute Gasteiger partial charge is 0.492 e. The Kier molecular flexibility index (Phi) is 4.70. The molecule has 1 saturated heterocycles. The van der Waals surface area contributed by atoms with Gasteiger partial charge in [0.15, 0.2) is 0 Å². The van der Waals surface area contributed by atoms with Crippen LogP contribution in [-0.4, -0.2) is 24.7 Å². The molecular weight excluding hydrogens is 200 g/mol. The van der Waals surface area contributed by atoms with Gasteiger partial charge in [-0.3, -0.25) is 4.98 Å². The van der Waals surface area contributed by atoms with Crippen molar-refractivity contribution in [1.29, 1.82) is 0 Å². The number of aromatic nitrogens is 1. The van der Waals surface area contributed by atoms with E-state index in [9.17, 15) is 0 Å². The summed E-state index contributed by atoms with van der Waals surface area (Å²) in [4.78, 5) is 3.99. The highest BCUT2D eigenvalue weighted by molar-refractivity contribution is 5.85. The molecule has 0 bridgehead atoms. The first-order valence-electron chi connectivity index (χ1n) is 4.69. The van der Waals surface area contributed by atoms with Gasteiger partial charge in [0.05, 0.1) is 12.8 Å². The molecule has 4 heteroatoms. The van der Waals surface area contributed by atoms with Gasteiger partial charge in [0.1, 0.15) is 5.75 Å². The molecule has 2 rings (SSSR count). The summed E-state index contributed by atoms with van der Waals surface area (Å²) in [5.41, 5.74) is 0. The number of ether oxygens (including phenoxy) is 1. The summed E-state index contributed by atoms with van der Waals surface area (Å²) in [6.07, 6.45) is 4.73. The van der Waals surface area contributed by atoms with Crippen LogP contribution in [-0.2, 0) is 0 Å². The monoisotopic (exact) mass is 214 g/mol. The average Bonchev–Trinajstić information content (AvgIpc) is 2.69. The molecule has 78 valence electrons. The first-order chi connectivity index (χ1) is 6.45. The Hall–Kier alpha value is -0.800. The smallest absolute Gasteiger partial charge is 0.137 e. The number of nitrogens with one attached hydrogen (secondary N) is 1. The highest BCUT2D eigenvalue weighted by Gasteiger charge is 2.14. The van der Waals surface area contributed by atoms with Gasteiger partial charge >= 0.3 is 0 Å². The van der Waals surface area contributed by atoms with Gasteiger partial charge in [-0.1, -0.05) is 0 Å². The Balaban J connectivity index is 0.000000980. The fourth-order valence-electron chi connectivity index (χ4n) is 1.50. The van der Waals surface area contributed by atoms with Crippen molar-refractivity contribution in [2.45, 2.75) is 6.42 Å². The summed E-state index contributed by atoms with van der Waals surface area (Å²) in [5, 5.41) is 3.31. The lowest BCUT2D eigenvalue weighted by Gasteiger charge is -2.09.